The molecule has 1 amide bonds. The lowest BCUT2D eigenvalue weighted by molar-refractivity contribution is -0.131. The van der Waals surface area contributed by atoms with E-state index in [-0.39, 0.29) is 29.2 Å². The van der Waals surface area contributed by atoms with Crippen molar-refractivity contribution < 1.29 is 17.6 Å². The van der Waals surface area contributed by atoms with Crippen molar-refractivity contribution in [3.05, 3.63) is 64.9 Å². The zero-order valence-corrected chi connectivity index (χ0v) is 16.3. The van der Waals surface area contributed by atoms with Gasteiger partial charge in [0, 0.05) is 19.1 Å². The van der Waals surface area contributed by atoms with Crippen molar-refractivity contribution in [2.45, 2.75) is 17.9 Å². The predicted molar refractivity (Wildman–Crippen MR) is 98.9 cm³/mol. The molecule has 0 aliphatic rings. The molecule has 0 N–H and O–H groups in total. The Balaban J connectivity index is 2.09. The number of likely N-dealkylation sites (N-methyl/N-ethyl adjacent to an activating group) is 2. The smallest absolute Gasteiger partial charge is 0.243 e. The Kier molecular flexibility index (Phi) is 6.39. The highest BCUT2D eigenvalue weighted by molar-refractivity contribution is 7.89. The molecule has 0 saturated carbocycles. The quantitative estimate of drug-likeness (QED) is 0.750. The summed E-state index contributed by atoms with van der Waals surface area (Å²) in [4.78, 5) is 14.0. The molecule has 2 rings (SSSR count). The van der Waals surface area contributed by atoms with Crippen LogP contribution in [-0.4, -0.2) is 44.2 Å². The first-order chi connectivity index (χ1) is 12.1. The minimum atomic E-state index is -3.80. The minimum Gasteiger partial charge on any atom is -0.338 e. The standard InChI is InChI=1S/C18H20ClFN2O3S/c1-13(14-4-8-16(20)9-5-14)22(3)18(23)12-21(2)26(24,25)17-10-6-15(19)7-11-17/h4-11,13H,12H2,1-3H3/t13-/m1/s1. The number of benzene rings is 2. The number of carbonyl (C=O) groups excluding carboxylic acids is 1. The van der Waals surface area contributed by atoms with Crippen LogP contribution in [0.2, 0.25) is 5.02 Å². The van der Waals surface area contributed by atoms with Gasteiger partial charge in [0.1, 0.15) is 5.82 Å². The molecule has 0 aromatic heterocycles. The minimum absolute atomic E-state index is 0.0615. The van der Waals surface area contributed by atoms with E-state index in [1.54, 1.807) is 26.1 Å². The van der Waals surface area contributed by atoms with Crippen molar-refractivity contribution >= 4 is 27.5 Å². The van der Waals surface area contributed by atoms with Crippen molar-refractivity contribution in [3.63, 3.8) is 0 Å². The molecule has 0 radical (unpaired) electrons. The van der Waals surface area contributed by atoms with Gasteiger partial charge in [-0.3, -0.25) is 4.79 Å². The zero-order valence-electron chi connectivity index (χ0n) is 14.7. The maximum Gasteiger partial charge on any atom is 0.243 e. The number of rotatable bonds is 6. The van der Waals surface area contributed by atoms with Gasteiger partial charge in [-0.1, -0.05) is 23.7 Å². The number of carbonyl (C=O) groups is 1. The molecule has 2 aromatic carbocycles. The molecule has 5 nitrogen and oxygen atoms in total. The van der Waals surface area contributed by atoms with Gasteiger partial charge < -0.3 is 4.90 Å². The van der Waals surface area contributed by atoms with E-state index in [1.165, 1.54) is 48.3 Å². The van der Waals surface area contributed by atoms with E-state index in [4.69, 9.17) is 11.6 Å². The Hall–Kier alpha value is -1.96. The van der Waals surface area contributed by atoms with Gasteiger partial charge in [-0.05, 0) is 48.9 Å². The van der Waals surface area contributed by atoms with Gasteiger partial charge in [0.25, 0.3) is 0 Å². The Labute approximate surface area is 158 Å². The van der Waals surface area contributed by atoms with Crippen LogP contribution in [0, 0.1) is 5.82 Å². The third-order valence-corrected chi connectivity index (χ3v) is 6.28. The molecule has 0 unspecified atom stereocenters. The van der Waals surface area contributed by atoms with Gasteiger partial charge in [0.05, 0.1) is 17.5 Å². The largest absolute Gasteiger partial charge is 0.338 e. The number of hydrogen-bond acceptors (Lipinski definition) is 3. The molecule has 26 heavy (non-hydrogen) atoms. The molecule has 2 aromatic rings. The lowest BCUT2D eigenvalue weighted by Gasteiger charge is -2.27. The van der Waals surface area contributed by atoms with E-state index < -0.39 is 10.0 Å². The fraction of sp³-hybridized carbons (Fsp3) is 0.278. The maximum atomic E-state index is 13.0. The molecule has 0 heterocycles. The second-order valence-electron chi connectivity index (χ2n) is 5.95. The normalized spacial score (nSPS) is 12.8. The molecular weight excluding hydrogens is 379 g/mol. The number of halogens is 2. The summed E-state index contributed by atoms with van der Waals surface area (Å²) in [5, 5.41) is 0.426. The summed E-state index contributed by atoms with van der Waals surface area (Å²) in [7, 11) is -0.875. The van der Waals surface area contributed by atoms with E-state index >= 15 is 0 Å². The van der Waals surface area contributed by atoms with E-state index in [0.717, 1.165) is 9.87 Å². The van der Waals surface area contributed by atoms with Crippen molar-refractivity contribution in [1.82, 2.24) is 9.21 Å². The highest BCUT2D eigenvalue weighted by atomic mass is 35.5. The third kappa shape index (κ3) is 4.60. The topological polar surface area (TPSA) is 57.7 Å². The van der Waals surface area contributed by atoms with Crippen LogP contribution in [0.5, 0.6) is 0 Å². The van der Waals surface area contributed by atoms with Crippen molar-refractivity contribution in [1.29, 1.82) is 0 Å². The summed E-state index contributed by atoms with van der Waals surface area (Å²) in [5.74, 6) is -0.731. The van der Waals surface area contributed by atoms with Crippen molar-refractivity contribution in [2.75, 3.05) is 20.6 Å². The first-order valence-electron chi connectivity index (χ1n) is 7.86. The van der Waals surface area contributed by atoms with Gasteiger partial charge in [-0.25, -0.2) is 12.8 Å². The van der Waals surface area contributed by atoms with Crippen LogP contribution in [0.3, 0.4) is 0 Å². The molecule has 0 aliphatic heterocycles. The number of amides is 1. The Morgan fingerprint density at radius 3 is 2.15 bits per heavy atom. The van der Waals surface area contributed by atoms with Crippen LogP contribution in [0.15, 0.2) is 53.4 Å². The summed E-state index contributed by atoms with van der Waals surface area (Å²) in [5.41, 5.74) is 0.755. The Morgan fingerprint density at radius 2 is 1.62 bits per heavy atom. The Morgan fingerprint density at radius 1 is 1.08 bits per heavy atom. The molecular formula is C18H20ClFN2O3S. The third-order valence-electron chi connectivity index (χ3n) is 4.21. The van der Waals surface area contributed by atoms with Crippen LogP contribution in [0.1, 0.15) is 18.5 Å². The lowest BCUT2D eigenvalue weighted by atomic mass is 10.1. The van der Waals surface area contributed by atoms with E-state index in [2.05, 4.69) is 0 Å². The molecule has 0 saturated heterocycles. The average Bonchev–Trinajstić information content (AvgIpc) is 2.61. The van der Waals surface area contributed by atoms with Crippen LogP contribution in [0.4, 0.5) is 4.39 Å². The summed E-state index contributed by atoms with van der Waals surface area (Å²) >= 11 is 5.78. The molecule has 0 aliphatic carbocycles. The van der Waals surface area contributed by atoms with Gasteiger partial charge in [0.15, 0.2) is 0 Å². The number of hydrogen-bond donors (Lipinski definition) is 0. The van der Waals surface area contributed by atoms with Gasteiger partial charge in [-0.2, -0.15) is 4.31 Å². The average molecular weight is 399 g/mol. The summed E-state index contributed by atoms with van der Waals surface area (Å²) < 4.78 is 39.1. The predicted octanol–water partition coefficient (Wildman–Crippen LogP) is 3.32. The molecule has 8 heteroatoms. The fourth-order valence-corrected chi connectivity index (χ4v) is 3.60. The number of nitrogens with zero attached hydrogens (tertiary/aromatic N) is 2. The van der Waals surface area contributed by atoms with Gasteiger partial charge in [-0.15, -0.1) is 0 Å². The van der Waals surface area contributed by atoms with Crippen LogP contribution in [0.25, 0.3) is 0 Å². The summed E-state index contributed by atoms with van der Waals surface area (Å²) in [6.07, 6.45) is 0. The van der Waals surface area contributed by atoms with Crippen LogP contribution >= 0.6 is 11.6 Å². The fourth-order valence-electron chi connectivity index (χ4n) is 2.35. The second kappa shape index (κ2) is 8.16. The van der Waals surface area contributed by atoms with Crippen LogP contribution in [-0.2, 0) is 14.8 Å². The SMILES string of the molecule is C[C@H](c1ccc(F)cc1)N(C)C(=O)CN(C)S(=O)(=O)c1ccc(Cl)cc1. The first-order valence-corrected chi connectivity index (χ1v) is 9.67. The maximum absolute atomic E-state index is 13.0. The van der Waals surface area contributed by atoms with E-state index in [0.29, 0.717) is 5.02 Å². The molecule has 0 spiro atoms. The van der Waals surface area contributed by atoms with E-state index in [9.17, 15) is 17.6 Å². The summed E-state index contributed by atoms with van der Waals surface area (Å²) in [6.45, 7) is 1.48. The Bertz CT molecular complexity index is 870. The molecule has 1 atom stereocenters. The van der Waals surface area contributed by atoms with Gasteiger partial charge >= 0.3 is 0 Å². The zero-order chi connectivity index (χ0) is 19.5. The highest BCUT2D eigenvalue weighted by Gasteiger charge is 2.26. The monoisotopic (exact) mass is 398 g/mol. The van der Waals surface area contributed by atoms with Gasteiger partial charge in [0.2, 0.25) is 15.9 Å². The lowest BCUT2D eigenvalue weighted by Crippen LogP contribution is -2.40. The second-order valence-corrected chi connectivity index (χ2v) is 8.43. The molecule has 140 valence electrons. The summed E-state index contributed by atoms with van der Waals surface area (Å²) in [6, 6.07) is 11.3. The molecule has 0 bridgehead atoms. The highest BCUT2D eigenvalue weighted by Crippen LogP contribution is 2.21. The van der Waals surface area contributed by atoms with E-state index in [1.807, 2.05) is 0 Å². The van der Waals surface area contributed by atoms with Crippen LogP contribution < -0.4 is 0 Å². The molecule has 0 fully saturated rings. The van der Waals surface area contributed by atoms with Crippen molar-refractivity contribution in [3.8, 4) is 0 Å². The first kappa shape index (κ1) is 20.4. The van der Waals surface area contributed by atoms with Crippen molar-refractivity contribution in [2.24, 2.45) is 0 Å². The number of sulfonamides is 1.